The quantitative estimate of drug-likeness (QED) is 0.0879. The average molecular weight is 655 g/mol. The molecule has 3 rings (SSSR count). The molecule has 1 aromatic heterocycles. The molecule has 0 atom stereocenters. The number of rotatable bonds is 17. The number of anilines is 1. The lowest BCUT2D eigenvalue weighted by molar-refractivity contribution is 0.102. The highest BCUT2D eigenvalue weighted by atomic mass is 19.1. The van der Waals surface area contributed by atoms with Gasteiger partial charge in [0.05, 0.1) is 17.0 Å². The van der Waals surface area contributed by atoms with E-state index in [0.717, 1.165) is 74.0 Å². The smallest absolute Gasteiger partial charge is 0.258 e. The summed E-state index contributed by atoms with van der Waals surface area (Å²) in [5, 5.41) is 3.14. The second-order valence-corrected chi connectivity index (χ2v) is 13.5. The summed E-state index contributed by atoms with van der Waals surface area (Å²) in [5.74, 6) is -0.481. The molecule has 48 heavy (non-hydrogen) atoms. The number of hydrogen-bond donors (Lipinski definition) is 1. The Morgan fingerprint density at radius 1 is 0.979 bits per heavy atom. The van der Waals surface area contributed by atoms with Crippen molar-refractivity contribution in [2.75, 3.05) is 11.9 Å². The number of nitrogens with zero attached hydrogens (tertiary/aromatic N) is 3. The molecule has 0 unspecified atom stereocenters. The van der Waals surface area contributed by atoms with Gasteiger partial charge in [0.25, 0.3) is 5.91 Å². The van der Waals surface area contributed by atoms with Crippen LogP contribution in [0.15, 0.2) is 89.0 Å². The van der Waals surface area contributed by atoms with Crippen molar-refractivity contribution in [2.45, 2.75) is 113 Å². The summed E-state index contributed by atoms with van der Waals surface area (Å²) in [5.41, 5.74) is 6.90. The number of para-hydroxylation sites is 1. The van der Waals surface area contributed by atoms with E-state index in [9.17, 15) is 9.18 Å². The molecule has 260 valence electrons. The van der Waals surface area contributed by atoms with Crippen LogP contribution in [0.3, 0.4) is 0 Å². The fourth-order valence-corrected chi connectivity index (χ4v) is 5.98. The molecule has 0 saturated heterocycles. The summed E-state index contributed by atoms with van der Waals surface area (Å²) in [7, 11) is 0. The number of nitrogens with one attached hydrogen (secondary N) is 1. The van der Waals surface area contributed by atoms with Gasteiger partial charge in [-0.2, -0.15) is 0 Å². The van der Waals surface area contributed by atoms with Crippen LogP contribution in [0.5, 0.6) is 0 Å². The average Bonchev–Trinajstić information content (AvgIpc) is 3.39. The lowest BCUT2D eigenvalue weighted by atomic mass is 9.87. The van der Waals surface area contributed by atoms with Crippen molar-refractivity contribution in [2.24, 2.45) is 15.4 Å². The van der Waals surface area contributed by atoms with E-state index in [4.69, 9.17) is 4.99 Å². The minimum Gasteiger partial charge on any atom is -0.343 e. The largest absolute Gasteiger partial charge is 0.343 e. The van der Waals surface area contributed by atoms with Crippen molar-refractivity contribution in [3.63, 3.8) is 0 Å². The normalized spacial score (nSPS) is 11.8. The first-order valence-corrected chi connectivity index (χ1v) is 17.7. The Balaban J connectivity index is 0.00000392. The van der Waals surface area contributed by atoms with Gasteiger partial charge in [-0.05, 0) is 98.2 Å². The first kappa shape index (κ1) is 40.1. The second-order valence-electron chi connectivity index (χ2n) is 13.5. The number of carbonyl (C=O) groups excluding carboxylic acids is 1. The van der Waals surface area contributed by atoms with E-state index in [-0.39, 0.29) is 23.1 Å². The number of hydrogen-bond acceptors (Lipinski definition) is 3. The number of halogens is 1. The van der Waals surface area contributed by atoms with Gasteiger partial charge >= 0.3 is 0 Å². The van der Waals surface area contributed by atoms with Crippen LogP contribution < -0.4 is 5.32 Å². The molecule has 0 aliphatic rings. The molecule has 1 N–H and O–H groups in total. The molecule has 1 heterocycles. The molecule has 0 aliphatic carbocycles. The zero-order valence-corrected chi connectivity index (χ0v) is 30.8. The number of aliphatic imine (C=N–C) groups is 2. The van der Waals surface area contributed by atoms with Crippen LogP contribution in [0.25, 0.3) is 11.3 Å². The van der Waals surface area contributed by atoms with Crippen LogP contribution in [0.2, 0.25) is 0 Å². The van der Waals surface area contributed by atoms with Crippen LogP contribution in [0.1, 0.15) is 128 Å². The summed E-state index contributed by atoms with van der Waals surface area (Å²) >= 11 is 0. The highest BCUT2D eigenvalue weighted by Crippen LogP contribution is 2.38. The second kappa shape index (κ2) is 20.3. The van der Waals surface area contributed by atoms with Crippen LogP contribution in [-0.4, -0.2) is 29.4 Å². The lowest BCUT2D eigenvalue weighted by Crippen LogP contribution is -2.18. The standard InChI is InChI=1S/C40H53FN4O.C2H6/c1-9-25-43-34(24-26-42-8)35-36(39(46)44-33-18-14-12-15-19-33)37(29(2)3)45(38(35)31-20-22-32(41)23-21-31)27-16-11-10-13-17-30(4)28-40(5,6)7;1-2/h12,14-15,18-24,26,29H,4,8-11,13,16-17,25,27-28H2,1-3,5-7H3,(H,44,46);1-2H3/b26-24-,43-34?;. The highest BCUT2D eigenvalue weighted by molar-refractivity contribution is 6.21. The first-order valence-electron chi connectivity index (χ1n) is 17.7. The van der Waals surface area contributed by atoms with Crippen molar-refractivity contribution in [3.05, 3.63) is 102 Å². The molecule has 0 saturated carbocycles. The van der Waals surface area contributed by atoms with Crippen LogP contribution in [0.4, 0.5) is 10.1 Å². The minimum absolute atomic E-state index is 0.0270. The molecule has 3 aromatic rings. The van der Waals surface area contributed by atoms with Crippen molar-refractivity contribution < 1.29 is 9.18 Å². The molecular formula is C42H59FN4O. The Bertz CT molecular complexity index is 1510. The van der Waals surface area contributed by atoms with E-state index < -0.39 is 0 Å². The van der Waals surface area contributed by atoms with Gasteiger partial charge in [-0.3, -0.25) is 14.8 Å². The summed E-state index contributed by atoms with van der Waals surface area (Å²) in [6.07, 6.45) is 10.6. The SMILES string of the molecule is C=N/C=C\C(=NCCC)c1c(C(=O)Nc2ccccc2)c(C(C)C)n(CCCCCCC(=C)CC(C)(C)C)c1-c1ccc(F)cc1.CC. The maximum atomic E-state index is 14.3. The Morgan fingerprint density at radius 3 is 2.21 bits per heavy atom. The van der Waals surface area contributed by atoms with Gasteiger partial charge in [-0.1, -0.05) is 98.6 Å². The highest BCUT2D eigenvalue weighted by Gasteiger charge is 2.31. The molecule has 1 amide bonds. The van der Waals surface area contributed by atoms with Gasteiger partial charge in [0.2, 0.25) is 0 Å². The van der Waals surface area contributed by atoms with Crippen LogP contribution in [0, 0.1) is 11.2 Å². The summed E-state index contributed by atoms with van der Waals surface area (Å²) in [6.45, 7) is 26.3. The van der Waals surface area contributed by atoms with Crippen LogP contribution in [-0.2, 0) is 6.54 Å². The molecule has 0 fully saturated rings. The maximum absolute atomic E-state index is 14.3. The summed E-state index contributed by atoms with van der Waals surface area (Å²) in [6, 6.07) is 16.0. The zero-order chi connectivity index (χ0) is 35.7. The molecule has 0 spiro atoms. The predicted molar refractivity (Wildman–Crippen MR) is 206 cm³/mol. The molecule has 0 aliphatic heterocycles. The third-order valence-electron chi connectivity index (χ3n) is 7.77. The van der Waals surface area contributed by atoms with Crippen molar-refractivity contribution >= 4 is 24.0 Å². The molecular weight excluding hydrogens is 595 g/mol. The Kier molecular flexibility index (Phi) is 17.0. The summed E-state index contributed by atoms with van der Waals surface area (Å²) in [4.78, 5) is 23.2. The molecule has 0 bridgehead atoms. The van der Waals surface area contributed by atoms with E-state index in [2.05, 4.69) is 69.7 Å². The topological polar surface area (TPSA) is 58.8 Å². The molecule has 2 aromatic carbocycles. The van der Waals surface area contributed by atoms with E-state index in [1.807, 2.05) is 50.3 Å². The number of amides is 1. The zero-order valence-electron chi connectivity index (χ0n) is 30.8. The fraction of sp³-hybridized carbons (Fsp3) is 0.452. The predicted octanol–water partition coefficient (Wildman–Crippen LogP) is 12.1. The number of aromatic nitrogens is 1. The lowest BCUT2D eigenvalue weighted by Gasteiger charge is -2.19. The van der Waals surface area contributed by atoms with E-state index in [1.54, 1.807) is 18.3 Å². The van der Waals surface area contributed by atoms with Crippen molar-refractivity contribution in [1.82, 2.24) is 4.57 Å². The van der Waals surface area contributed by atoms with Crippen molar-refractivity contribution in [3.8, 4) is 11.3 Å². The van der Waals surface area contributed by atoms with E-state index in [0.29, 0.717) is 23.5 Å². The number of allylic oxidation sites excluding steroid dienone is 2. The van der Waals surface area contributed by atoms with Gasteiger partial charge < -0.3 is 9.88 Å². The van der Waals surface area contributed by atoms with Gasteiger partial charge in [0.15, 0.2) is 0 Å². The number of unbranched alkanes of at least 4 members (excludes halogenated alkanes) is 3. The number of carbonyl (C=O) groups is 1. The Hall–Kier alpha value is -4.06. The number of benzene rings is 2. The monoisotopic (exact) mass is 654 g/mol. The first-order chi connectivity index (χ1) is 23.0. The Labute approximate surface area is 290 Å². The summed E-state index contributed by atoms with van der Waals surface area (Å²) < 4.78 is 16.5. The minimum atomic E-state index is -0.307. The third kappa shape index (κ3) is 12.2. The van der Waals surface area contributed by atoms with Crippen LogP contribution >= 0.6 is 0 Å². The molecule has 5 nitrogen and oxygen atoms in total. The van der Waals surface area contributed by atoms with E-state index >= 15 is 0 Å². The Morgan fingerprint density at radius 2 is 1.62 bits per heavy atom. The van der Waals surface area contributed by atoms with E-state index in [1.165, 1.54) is 17.7 Å². The van der Waals surface area contributed by atoms with Gasteiger partial charge in [-0.15, -0.1) is 0 Å². The van der Waals surface area contributed by atoms with Gasteiger partial charge in [0.1, 0.15) is 5.82 Å². The molecule has 6 heteroatoms. The maximum Gasteiger partial charge on any atom is 0.258 e. The molecule has 0 radical (unpaired) electrons. The third-order valence-corrected chi connectivity index (χ3v) is 7.77. The van der Waals surface area contributed by atoms with Gasteiger partial charge in [0, 0.05) is 36.2 Å². The fourth-order valence-electron chi connectivity index (χ4n) is 5.98. The van der Waals surface area contributed by atoms with Crippen molar-refractivity contribution in [1.29, 1.82) is 0 Å². The van der Waals surface area contributed by atoms with Gasteiger partial charge in [-0.25, -0.2) is 4.39 Å².